The summed E-state index contributed by atoms with van der Waals surface area (Å²) in [5.41, 5.74) is 1.80. The van der Waals surface area contributed by atoms with E-state index in [9.17, 15) is 0 Å². The van der Waals surface area contributed by atoms with E-state index in [0.717, 1.165) is 11.1 Å². The Morgan fingerprint density at radius 1 is 1.05 bits per heavy atom. The predicted molar refractivity (Wildman–Crippen MR) is 84.0 cm³/mol. The van der Waals surface area contributed by atoms with Gasteiger partial charge in [-0.3, -0.25) is 4.98 Å². The van der Waals surface area contributed by atoms with Crippen LogP contribution < -0.4 is 5.32 Å². The van der Waals surface area contributed by atoms with Crippen molar-refractivity contribution in [3.05, 3.63) is 58.3 Å². The minimum atomic E-state index is 0.277. The first kappa shape index (κ1) is 13.6. The topological polar surface area (TPSA) is 61.6 Å². The quantitative estimate of drug-likeness (QED) is 0.753. The molecule has 3 rings (SSSR count). The molecule has 4 nitrogen and oxygen atoms in total. The lowest BCUT2D eigenvalue weighted by Gasteiger charge is -2.11. The van der Waals surface area contributed by atoms with Crippen LogP contribution in [0.1, 0.15) is 5.56 Å². The highest BCUT2D eigenvalue weighted by Gasteiger charge is 2.10. The summed E-state index contributed by atoms with van der Waals surface area (Å²) in [6.07, 6.45) is 3.21. The number of rotatable bonds is 2. The monoisotopic (exact) mass is 314 g/mol. The lowest BCUT2D eigenvalue weighted by Crippen LogP contribution is -1.97. The Kier molecular flexibility index (Phi) is 3.61. The smallest absolute Gasteiger partial charge is 0.150 e. The average molecular weight is 315 g/mol. The van der Waals surface area contributed by atoms with Gasteiger partial charge in [-0.1, -0.05) is 23.2 Å². The average Bonchev–Trinajstić information content (AvgIpc) is 2.52. The molecule has 0 saturated carbocycles. The maximum Gasteiger partial charge on any atom is 0.150 e. The molecule has 2 heterocycles. The molecule has 1 N–H and O–H groups in total. The second-order valence-electron chi connectivity index (χ2n) is 4.25. The van der Waals surface area contributed by atoms with Gasteiger partial charge >= 0.3 is 0 Å². The number of hydrogen-bond acceptors (Lipinski definition) is 4. The SMILES string of the molecule is N#Cc1ccnc(Nc2ccc(Cl)c3cccnc23)c1Cl. The molecule has 0 atom stereocenters. The number of aromatic nitrogens is 2. The number of fused-ring (bicyclic) bond motifs is 1. The van der Waals surface area contributed by atoms with Gasteiger partial charge in [-0.15, -0.1) is 0 Å². The number of nitriles is 1. The zero-order valence-corrected chi connectivity index (χ0v) is 12.2. The van der Waals surface area contributed by atoms with E-state index < -0.39 is 0 Å². The summed E-state index contributed by atoms with van der Waals surface area (Å²) in [5.74, 6) is 0.407. The maximum absolute atomic E-state index is 9.00. The molecule has 0 saturated heterocycles. The van der Waals surface area contributed by atoms with Gasteiger partial charge in [0, 0.05) is 17.8 Å². The van der Waals surface area contributed by atoms with Crippen LogP contribution in [-0.2, 0) is 0 Å². The van der Waals surface area contributed by atoms with Gasteiger partial charge in [0.2, 0.25) is 0 Å². The van der Waals surface area contributed by atoms with Gasteiger partial charge in [-0.2, -0.15) is 5.26 Å². The van der Waals surface area contributed by atoms with Gasteiger partial charge in [0.25, 0.3) is 0 Å². The Labute approximate surface area is 131 Å². The minimum Gasteiger partial charge on any atom is -0.337 e. The Morgan fingerprint density at radius 2 is 1.90 bits per heavy atom. The van der Waals surface area contributed by atoms with Crippen molar-refractivity contribution < 1.29 is 0 Å². The lowest BCUT2D eigenvalue weighted by molar-refractivity contribution is 1.29. The Bertz CT molecular complexity index is 871. The van der Waals surface area contributed by atoms with E-state index in [0.29, 0.717) is 21.9 Å². The van der Waals surface area contributed by atoms with E-state index in [1.807, 2.05) is 18.2 Å². The number of pyridine rings is 2. The second-order valence-corrected chi connectivity index (χ2v) is 5.04. The first-order chi connectivity index (χ1) is 10.2. The summed E-state index contributed by atoms with van der Waals surface area (Å²) in [6.45, 7) is 0. The van der Waals surface area contributed by atoms with Crippen molar-refractivity contribution in [2.45, 2.75) is 0 Å². The predicted octanol–water partition coefficient (Wildman–Crippen LogP) is 4.55. The molecule has 3 aromatic rings. The van der Waals surface area contributed by atoms with E-state index in [1.165, 1.54) is 6.20 Å². The van der Waals surface area contributed by atoms with E-state index >= 15 is 0 Å². The van der Waals surface area contributed by atoms with Gasteiger partial charge in [-0.05, 0) is 30.3 Å². The van der Waals surface area contributed by atoms with Crippen LogP contribution in [0.25, 0.3) is 10.9 Å². The van der Waals surface area contributed by atoms with Crippen LogP contribution in [0, 0.1) is 11.3 Å². The molecule has 0 bridgehead atoms. The standard InChI is InChI=1S/C15H8Cl2N4/c16-11-3-4-12(14-10(11)2-1-6-19-14)21-15-13(17)9(8-18)5-7-20-15/h1-7H,(H,20,21). The molecule has 102 valence electrons. The van der Waals surface area contributed by atoms with Crippen LogP contribution >= 0.6 is 23.2 Å². The molecule has 0 unspecified atom stereocenters. The molecule has 6 heteroatoms. The molecule has 0 spiro atoms. The van der Waals surface area contributed by atoms with E-state index in [-0.39, 0.29) is 5.02 Å². The summed E-state index contributed by atoms with van der Waals surface area (Å²) in [4.78, 5) is 8.48. The Morgan fingerprint density at radius 3 is 2.71 bits per heavy atom. The third kappa shape index (κ3) is 2.49. The fraction of sp³-hybridized carbons (Fsp3) is 0. The van der Waals surface area contributed by atoms with E-state index in [2.05, 4.69) is 15.3 Å². The maximum atomic E-state index is 9.00. The third-order valence-corrected chi connectivity index (χ3v) is 3.69. The number of hydrogen-bond donors (Lipinski definition) is 1. The van der Waals surface area contributed by atoms with Gasteiger partial charge < -0.3 is 5.32 Å². The van der Waals surface area contributed by atoms with Crippen LogP contribution in [0.4, 0.5) is 11.5 Å². The Hall–Kier alpha value is -2.35. The normalized spacial score (nSPS) is 10.3. The van der Waals surface area contributed by atoms with Crippen LogP contribution in [0.2, 0.25) is 10.0 Å². The summed E-state index contributed by atoms with van der Waals surface area (Å²) >= 11 is 12.3. The molecule has 0 aliphatic carbocycles. The largest absolute Gasteiger partial charge is 0.337 e. The summed E-state index contributed by atoms with van der Waals surface area (Å²) in [7, 11) is 0. The molecule has 0 fully saturated rings. The highest BCUT2D eigenvalue weighted by atomic mass is 35.5. The van der Waals surface area contributed by atoms with Crippen molar-refractivity contribution in [1.82, 2.24) is 9.97 Å². The second kappa shape index (κ2) is 5.57. The molecular formula is C15H8Cl2N4. The van der Waals surface area contributed by atoms with Crippen molar-refractivity contribution in [2.75, 3.05) is 5.32 Å². The van der Waals surface area contributed by atoms with Crippen molar-refractivity contribution in [3.8, 4) is 6.07 Å². The number of anilines is 2. The van der Waals surface area contributed by atoms with Gasteiger partial charge in [-0.25, -0.2) is 4.98 Å². The molecule has 0 radical (unpaired) electrons. The molecular weight excluding hydrogens is 307 g/mol. The number of nitrogens with zero attached hydrogens (tertiary/aromatic N) is 3. The van der Waals surface area contributed by atoms with Crippen LogP contribution in [0.5, 0.6) is 0 Å². The molecule has 2 aromatic heterocycles. The van der Waals surface area contributed by atoms with E-state index in [4.69, 9.17) is 28.5 Å². The van der Waals surface area contributed by atoms with Crippen molar-refractivity contribution in [1.29, 1.82) is 5.26 Å². The fourth-order valence-electron chi connectivity index (χ4n) is 1.98. The van der Waals surface area contributed by atoms with Crippen LogP contribution in [0.3, 0.4) is 0 Å². The highest BCUT2D eigenvalue weighted by Crippen LogP contribution is 2.32. The summed E-state index contributed by atoms with van der Waals surface area (Å²) < 4.78 is 0. The van der Waals surface area contributed by atoms with Crippen molar-refractivity contribution >= 4 is 45.6 Å². The fourth-order valence-corrected chi connectivity index (χ4v) is 2.40. The summed E-state index contributed by atoms with van der Waals surface area (Å²) in [6, 6.07) is 10.9. The molecule has 1 aromatic carbocycles. The van der Waals surface area contributed by atoms with Crippen LogP contribution in [-0.4, -0.2) is 9.97 Å². The first-order valence-corrected chi connectivity index (χ1v) is 6.81. The number of halogens is 2. The molecule has 0 aliphatic rings. The van der Waals surface area contributed by atoms with E-state index in [1.54, 1.807) is 24.4 Å². The van der Waals surface area contributed by atoms with Crippen molar-refractivity contribution in [2.24, 2.45) is 0 Å². The van der Waals surface area contributed by atoms with Crippen molar-refractivity contribution in [3.63, 3.8) is 0 Å². The molecule has 0 aliphatic heterocycles. The molecule has 21 heavy (non-hydrogen) atoms. The highest BCUT2D eigenvalue weighted by molar-refractivity contribution is 6.36. The zero-order chi connectivity index (χ0) is 14.8. The molecule has 0 amide bonds. The van der Waals surface area contributed by atoms with Gasteiger partial charge in [0.05, 0.1) is 21.8 Å². The third-order valence-electron chi connectivity index (χ3n) is 2.98. The van der Waals surface area contributed by atoms with Gasteiger partial charge in [0.15, 0.2) is 5.82 Å². The minimum absolute atomic E-state index is 0.277. The Balaban J connectivity index is 2.12. The zero-order valence-electron chi connectivity index (χ0n) is 10.6. The number of benzene rings is 1. The lowest BCUT2D eigenvalue weighted by atomic mass is 10.2. The summed E-state index contributed by atoms with van der Waals surface area (Å²) in [5, 5.41) is 13.8. The first-order valence-electron chi connectivity index (χ1n) is 6.05. The number of nitrogens with one attached hydrogen (secondary N) is 1. The van der Waals surface area contributed by atoms with Gasteiger partial charge in [0.1, 0.15) is 11.1 Å². The van der Waals surface area contributed by atoms with Crippen LogP contribution in [0.15, 0.2) is 42.7 Å².